The van der Waals surface area contributed by atoms with Crippen molar-refractivity contribution in [3.63, 3.8) is 0 Å². The molecule has 1 aliphatic carbocycles. The summed E-state index contributed by atoms with van der Waals surface area (Å²) in [6.07, 6.45) is 4.82. The Bertz CT molecular complexity index is 207. The van der Waals surface area contributed by atoms with Gasteiger partial charge in [0.15, 0.2) is 0 Å². The van der Waals surface area contributed by atoms with Crippen molar-refractivity contribution in [1.82, 2.24) is 10.2 Å². The summed E-state index contributed by atoms with van der Waals surface area (Å²) in [6.45, 7) is 4.95. The van der Waals surface area contributed by atoms with Gasteiger partial charge in [0.2, 0.25) is 5.91 Å². The molecule has 2 rings (SSSR count). The molecule has 0 bridgehead atoms. The van der Waals surface area contributed by atoms with E-state index in [1.807, 2.05) is 0 Å². The van der Waals surface area contributed by atoms with Crippen molar-refractivity contribution in [2.24, 2.45) is 0 Å². The zero-order valence-electron chi connectivity index (χ0n) is 8.31. The lowest BCUT2D eigenvalue weighted by atomic mass is 9.78. The first kappa shape index (κ1) is 9.00. The third kappa shape index (κ3) is 2.02. The van der Waals surface area contributed by atoms with Crippen LogP contribution in [-0.4, -0.2) is 36.0 Å². The predicted octanol–water partition coefficient (Wildman–Crippen LogP) is 0.751. The third-order valence-corrected chi connectivity index (χ3v) is 3.21. The fourth-order valence-electron chi connectivity index (χ4n) is 1.95. The van der Waals surface area contributed by atoms with Gasteiger partial charge in [0.25, 0.3) is 0 Å². The van der Waals surface area contributed by atoms with Gasteiger partial charge in [0, 0.05) is 5.54 Å². The summed E-state index contributed by atoms with van der Waals surface area (Å²) in [5.74, 6) is 0.210. The van der Waals surface area contributed by atoms with E-state index in [1.54, 1.807) is 0 Å². The average molecular weight is 182 g/mol. The van der Waals surface area contributed by atoms with E-state index in [4.69, 9.17) is 0 Å². The maximum absolute atomic E-state index is 11.5. The number of rotatable bonds is 3. The van der Waals surface area contributed by atoms with Gasteiger partial charge < -0.3 is 5.32 Å². The molecule has 1 amide bonds. The minimum Gasteiger partial charge on any atom is -0.350 e. The van der Waals surface area contributed by atoms with Gasteiger partial charge in [-0.1, -0.05) is 0 Å². The van der Waals surface area contributed by atoms with Crippen LogP contribution in [0.5, 0.6) is 0 Å². The Morgan fingerprint density at radius 2 is 2.08 bits per heavy atom. The van der Waals surface area contributed by atoms with Crippen molar-refractivity contribution in [3.05, 3.63) is 0 Å². The lowest BCUT2D eigenvalue weighted by molar-refractivity contribution is -0.125. The third-order valence-electron chi connectivity index (χ3n) is 3.21. The second-order valence-electron chi connectivity index (χ2n) is 4.59. The number of carbonyl (C=O) groups excluding carboxylic acids is 1. The highest BCUT2D eigenvalue weighted by atomic mass is 16.2. The molecule has 0 atom stereocenters. The molecule has 2 aliphatic rings. The molecule has 1 N–H and O–H groups in total. The summed E-state index contributed by atoms with van der Waals surface area (Å²) in [7, 11) is 0. The number of nitrogens with zero attached hydrogens (tertiary/aromatic N) is 1. The van der Waals surface area contributed by atoms with Crippen LogP contribution in [0.25, 0.3) is 0 Å². The minimum absolute atomic E-state index is 0.127. The van der Waals surface area contributed by atoms with E-state index in [-0.39, 0.29) is 11.4 Å². The van der Waals surface area contributed by atoms with Crippen molar-refractivity contribution < 1.29 is 4.79 Å². The largest absolute Gasteiger partial charge is 0.350 e. The highest BCUT2D eigenvalue weighted by Crippen LogP contribution is 2.30. The van der Waals surface area contributed by atoms with Gasteiger partial charge in [0.1, 0.15) is 0 Å². The zero-order valence-corrected chi connectivity index (χ0v) is 8.31. The van der Waals surface area contributed by atoms with E-state index in [0.717, 1.165) is 25.9 Å². The normalized spacial score (nSPS) is 25.9. The van der Waals surface area contributed by atoms with Crippen LogP contribution in [0.4, 0.5) is 0 Å². The molecule has 0 aromatic heterocycles. The molecule has 1 saturated carbocycles. The fraction of sp³-hybridized carbons (Fsp3) is 0.900. The van der Waals surface area contributed by atoms with Gasteiger partial charge in [-0.25, -0.2) is 0 Å². The Balaban J connectivity index is 1.71. The van der Waals surface area contributed by atoms with Gasteiger partial charge in [-0.3, -0.25) is 9.69 Å². The summed E-state index contributed by atoms with van der Waals surface area (Å²) in [5.41, 5.74) is 0.127. The molecule has 3 nitrogen and oxygen atoms in total. The number of carbonyl (C=O) groups is 1. The van der Waals surface area contributed by atoms with Crippen LogP contribution >= 0.6 is 0 Å². The molecule has 0 aromatic rings. The number of likely N-dealkylation sites (tertiary alicyclic amines) is 1. The molecule has 0 unspecified atom stereocenters. The van der Waals surface area contributed by atoms with E-state index < -0.39 is 0 Å². The molecule has 1 heterocycles. The number of amides is 1. The number of nitrogens with one attached hydrogen (secondary N) is 1. The lowest BCUT2D eigenvalue weighted by Crippen LogP contribution is -2.54. The van der Waals surface area contributed by atoms with E-state index in [0.29, 0.717) is 6.54 Å². The highest BCUT2D eigenvalue weighted by molar-refractivity contribution is 5.79. The minimum atomic E-state index is 0.127. The van der Waals surface area contributed by atoms with Crippen LogP contribution in [0, 0.1) is 0 Å². The number of hydrogen-bond acceptors (Lipinski definition) is 2. The fourth-order valence-corrected chi connectivity index (χ4v) is 1.95. The second-order valence-corrected chi connectivity index (χ2v) is 4.59. The smallest absolute Gasteiger partial charge is 0.234 e. The van der Waals surface area contributed by atoms with Gasteiger partial charge >= 0.3 is 0 Å². The van der Waals surface area contributed by atoms with Crippen LogP contribution < -0.4 is 5.32 Å². The van der Waals surface area contributed by atoms with E-state index in [9.17, 15) is 4.79 Å². The van der Waals surface area contributed by atoms with Crippen molar-refractivity contribution in [2.75, 3.05) is 19.6 Å². The molecule has 1 aliphatic heterocycles. The quantitative estimate of drug-likeness (QED) is 0.698. The first-order valence-electron chi connectivity index (χ1n) is 5.21. The first-order chi connectivity index (χ1) is 6.18. The molecule has 0 radical (unpaired) electrons. The molecule has 74 valence electrons. The molecule has 13 heavy (non-hydrogen) atoms. The summed E-state index contributed by atoms with van der Waals surface area (Å²) in [6, 6.07) is 0. The van der Waals surface area contributed by atoms with Crippen LogP contribution in [0.1, 0.15) is 32.6 Å². The molecule has 2 fully saturated rings. The van der Waals surface area contributed by atoms with Crippen molar-refractivity contribution in [2.45, 2.75) is 38.1 Å². The molecular formula is C10H18N2O. The molecule has 0 aromatic carbocycles. The van der Waals surface area contributed by atoms with Crippen LogP contribution in [-0.2, 0) is 4.79 Å². The molecule has 1 saturated heterocycles. The SMILES string of the molecule is CC1(NC(=O)CN2CCC2)CCC1. The van der Waals surface area contributed by atoms with Crippen LogP contribution in [0.2, 0.25) is 0 Å². The van der Waals surface area contributed by atoms with Gasteiger partial charge in [-0.15, -0.1) is 0 Å². The van der Waals surface area contributed by atoms with Gasteiger partial charge in [0.05, 0.1) is 6.54 Å². The van der Waals surface area contributed by atoms with E-state index in [1.165, 1.54) is 12.8 Å². The standard InChI is InChI=1S/C10H18N2O/c1-10(4-2-5-10)11-9(13)8-12-6-3-7-12/h2-8H2,1H3,(H,11,13). The summed E-state index contributed by atoms with van der Waals surface area (Å²) < 4.78 is 0. The van der Waals surface area contributed by atoms with E-state index in [2.05, 4.69) is 17.1 Å². The van der Waals surface area contributed by atoms with E-state index >= 15 is 0 Å². The monoisotopic (exact) mass is 182 g/mol. The lowest BCUT2D eigenvalue weighted by Gasteiger charge is -2.40. The van der Waals surface area contributed by atoms with Crippen LogP contribution in [0.15, 0.2) is 0 Å². The van der Waals surface area contributed by atoms with Crippen LogP contribution in [0.3, 0.4) is 0 Å². The Morgan fingerprint density at radius 1 is 1.38 bits per heavy atom. The topological polar surface area (TPSA) is 32.3 Å². The van der Waals surface area contributed by atoms with Gasteiger partial charge in [-0.2, -0.15) is 0 Å². The Morgan fingerprint density at radius 3 is 2.46 bits per heavy atom. The maximum atomic E-state index is 11.5. The summed E-state index contributed by atoms with van der Waals surface area (Å²) >= 11 is 0. The maximum Gasteiger partial charge on any atom is 0.234 e. The summed E-state index contributed by atoms with van der Waals surface area (Å²) in [5, 5.41) is 3.11. The Hall–Kier alpha value is -0.570. The second kappa shape index (κ2) is 3.29. The predicted molar refractivity (Wildman–Crippen MR) is 51.5 cm³/mol. The highest BCUT2D eigenvalue weighted by Gasteiger charge is 2.33. The van der Waals surface area contributed by atoms with Crippen molar-refractivity contribution >= 4 is 5.91 Å². The Labute approximate surface area is 79.5 Å². The number of hydrogen-bond donors (Lipinski definition) is 1. The Kier molecular flexibility index (Phi) is 2.28. The molecular weight excluding hydrogens is 164 g/mol. The van der Waals surface area contributed by atoms with Crippen molar-refractivity contribution in [3.8, 4) is 0 Å². The average Bonchev–Trinajstić information content (AvgIpc) is 1.94. The first-order valence-corrected chi connectivity index (χ1v) is 5.21. The zero-order chi connectivity index (χ0) is 9.31. The molecule has 3 heteroatoms. The summed E-state index contributed by atoms with van der Waals surface area (Å²) in [4.78, 5) is 13.7. The van der Waals surface area contributed by atoms with Gasteiger partial charge in [-0.05, 0) is 45.7 Å². The van der Waals surface area contributed by atoms with Crippen molar-refractivity contribution in [1.29, 1.82) is 0 Å². The molecule has 0 spiro atoms.